The number of hydrogen-bond donors (Lipinski definition) is 5. The quantitative estimate of drug-likeness (QED) is 0.0310. The topological polar surface area (TPSA) is 110 Å². The molecule has 6 nitrogen and oxygen atoms in total. The molecule has 0 aliphatic heterocycles. The van der Waals surface area contributed by atoms with Gasteiger partial charge in [-0.25, -0.2) is 0 Å². The number of hydrogen-bond acceptors (Lipinski definition) is 5. The van der Waals surface area contributed by atoms with Gasteiger partial charge in [0.2, 0.25) is 5.91 Å². The van der Waals surface area contributed by atoms with Gasteiger partial charge in [-0.2, -0.15) is 0 Å². The molecule has 0 aliphatic rings. The summed E-state index contributed by atoms with van der Waals surface area (Å²) in [6.07, 6.45) is 58.2. The zero-order chi connectivity index (χ0) is 43.1. The summed E-state index contributed by atoms with van der Waals surface area (Å²) in [6.45, 7) is 4.01. The highest BCUT2D eigenvalue weighted by Gasteiger charge is 2.28. The van der Waals surface area contributed by atoms with Crippen molar-refractivity contribution in [1.29, 1.82) is 0 Å². The summed E-state index contributed by atoms with van der Waals surface area (Å²) in [5, 5.41) is 43.6. The molecule has 0 rings (SSSR count). The lowest BCUT2D eigenvalue weighted by Crippen LogP contribution is -2.52. The number of carbonyl (C=O) groups excluding carboxylic acids is 1. The van der Waals surface area contributed by atoms with E-state index >= 15 is 0 Å². The van der Waals surface area contributed by atoms with Gasteiger partial charge in [0.15, 0.2) is 0 Å². The van der Waals surface area contributed by atoms with Gasteiger partial charge in [0.1, 0.15) is 12.2 Å². The molecule has 0 bridgehead atoms. The van der Waals surface area contributed by atoms with Crippen molar-refractivity contribution in [3.8, 4) is 0 Å². The Hall–Kier alpha value is -1.47. The maximum Gasteiger partial charge on any atom is 0.249 e. The number of rotatable bonds is 47. The average Bonchev–Trinajstić information content (AvgIpc) is 3.24. The van der Waals surface area contributed by atoms with Crippen LogP contribution in [0.5, 0.6) is 0 Å². The summed E-state index contributed by atoms with van der Waals surface area (Å²) in [6, 6.07) is -1.03. The summed E-state index contributed by atoms with van der Waals surface area (Å²) in [5.74, 6) is -0.660. The van der Waals surface area contributed by atoms with Crippen LogP contribution in [0.2, 0.25) is 0 Å². The monoisotopic (exact) mass is 832 g/mol. The highest BCUT2D eigenvalue weighted by Crippen LogP contribution is 2.17. The Morgan fingerprint density at radius 1 is 0.441 bits per heavy atom. The van der Waals surface area contributed by atoms with Crippen molar-refractivity contribution in [2.24, 2.45) is 0 Å². The van der Waals surface area contributed by atoms with Crippen LogP contribution in [-0.2, 0) is 4.79 Å². The van der Waals surface area contributed by atoms with Crippen LogP contribution in [-0.4, -0.2) is 57.3 Å². The van der Waals surface area contributed by atoms with Gasteiger partial charge in [-0.15, -0.1) is 0 Å². The zero-order valence-electron chi connectivity index (χ0n) is 39.3. The van der Waals surface area contributed by atoms with Gasteiger partial charge in [-0.1, -0.05) is 243 Å². The molecule has 0 aliphatic carbocycles. The fourth-order valence-electron chi connectivity index (χ4n) is 7.98. The Morgan fingerprint density at radius 3 is 1.14 bits per heavy atom. The third kappa shape index (κ3) is 41.6. The second-order valence-corrected chi connectivity index (χ2v) is 17.9. The van der Waals surface area contributed by atoms with Crippen molar-refractivity contribution in [3.05, 3.63) is 36.5 Å². The fourth-order valence-corrected chi connectivity index (χ4v) is 7.98. The molecule has 4 unspecified atom stereocenters. The number of nitrogens with one attached hydrogen (secondary N) is 1. The van der Waals surface area contributed by atoms with E-state index in [1.807, 2.05) is 6.08 Å². The molecular weight excluding hydrogens is 731 g/mol. The molecule has 0 spiro atoms. The van der Waals surface area contributed by atoms with Crippen molar-refractivity contribution in [1.82, 2.24) is 5.32 Å². The molecule has 6 heteroatoms. The number of carbonyl (C=O) groups is 1. The second-order valence-electron chi connectivity index (χ2n) is 17.9. The smallest absolute Gasteiger partial charge is 0.249 e. The standard InChI is InChI=1S/C53H101NO5/c1-3-5-7-9-11-13-15-17-18-19-20-21-22-23-24-25-26-27-28-29-30-31-32-33-34-35-37-38-40-42-44-46-50(56)52(58)49(48-55)54-53(59)51(57)47-45-43-41-39-36-16-14-12-10-8-6-4-2/h36,38-40,43,45,49-52,55-58H,3-35,37,41-42,44,46-48H2,1-2H3,(H,54,59)/b39-36-,40-38+,45-43-. The normalized spacial score (nSPS) is 14.2. The Kier molecular flexibility index (Phi) is 46.4. The molecule has 348 valence electrons. The molecule has 0 saturated carbocycles. The molecule has 0 aromatic rings. The third-order valence-electron chi connectivity index (χ3n) is 12.1. The predicted octanol–water partition coefficient (Wildman–Crippen LogP) is 14.5. The Morgan fingerprint density at radius 2 is 0.763 bits per heavy atom. The Bertz CT molecular complexity index is 935. The van der Waals surface area contributed by atoms with Crippen LogP contribution in [0, 0.1) is 0 Å². The van der Waals surface area contributed by atoms with Gasteiger partial charge in [-0.3, -0.25) is 4.79 Å². The average molecular weight is 832 g/mol. The van der Waals surface area contributed by atoms with Crippen molar-refractivity contribution >= 4 is 5.91 Å². The fraction of sp³-hybridized carbons (Fsp3) is 0.868. The molecule has 59 heavy (non-hydrogen) atoms. The SMILES string of the molecule is CCCCCCCC/C=C\C/C=C\CC(O)C(=O)NC(CO)C(O)C(O)CCC/C=C/CCCCCCCCCCCCCCCCCCCCCCCCCCCC. The van der Waals surface area contributed by atoms with Crippen LogP contribution in [0.15, 0.2) is 36.5 Å². The van der Waals surface area contributed by atoms with Crippen LogP contribution in [0.4, 0.5) is 0 Å². The first-order valence-electron chi connectivity index (χ1n) is 25.9. The highest BCUT2D eigenvalue weighted by molar-refractivity contribution is 5.81. The van der Waals surface area contributed by atoms with E-state index in [1.54, 1.807) is 6.08 Å². The van der Waals surface area contributed by atoms with Gasteiger partial charge >= 0.3 is 0 Å². The van der Waals surface area contributed by atoms with Crippen molar-refractivity contribution in [3.63, 3.8) is 0 Å². The van der Waals surface area contributed by atoms with Crippen LogP contribution >= 0.6 is 0 Å². The van der Waals surface area contributed by atoms with E-state index in [4.69, 9.17) is 0 Å². The summed E-state index contributed by atoms with van der Waals surface area (Å²) in [4.78, 5) is 12.5. The molecule has 4 atom stereocenters. The largest absolute Gasteiger partial charge is 0.394 e. The van der Waals surface area contributed by atoms with Crippen LogP contribution < -0.4 is 5.32 Å². The molecule has 0 saturated heterocycles. The van der Waals surface area contributed by atoms with Crippen LogP contribution in [0.1, 0.15) is 264 Å². The maximum atomic E-state index is 12.5. The first-order chi connectivity index (χ1) is 29.0. The molecular formula is C53H101NO5. The van der Waals surface area contributed by atoms with Gasteiger partial charge < -0.3 is 25.7 Å². The number of unbranched alkanes of at least 4 members (excludes halogenated alkanes) is 33. The summed E-state index contributed by atoms with van der Waals surface area (Å²) in [7, 11) is 0. The summed E-state index contributed by atoms with van der Waals surface area (Å²) < 4.78 is 0. The van der Waals surface area contributed by atoms with E-state index < -0.39 is 36.9 Å². The number of aliphatic hydroxyl groups is 4. The number of aliphatic hydroxyl groups excluding tert-OH is 4. The van der Waals surface area contributed by atoms with Gasteiger partial charge in [0, 0.05) is 6.42 Å². The van der Waals surface area contributed by atoms with Crippen LogP contribution in [0.3, 0.4) is 0 Å². The van der Waals surface area contributed by atoms with E-state index in [-0.39, 0.29) is 6.42 Å². The Balaban J connectivity index is 3.63. The minimum atomic E-state index is -1.30. The lowest BCUT2D eigenvalue weighted by Gasteiger charge is -2.27. The molecule has 0 heterocycles. The molecule has 5 N–H and O–H groups in total. The predicted molar refractivity (Wildman–Crippen MR) is 256 cm³/mol. The van der Waals surface area contributed by atoms with Crippen molar-refractivity contribution < 1.29 is 25.2 Å². The van der Waals surface area contributed by atoms with Gasteiger partial charge in [0.05, 0.1) is 18.8 Å². The maximum absolute atomic E-state index is 12.5. The minimum absolute atomic E-state index is 0.153. The lowest BCUT2D eigenvalue weighted by molar-refractivity contribution is -0.132. The highest BCUT2D eigenvalue weighted by atomic mass is 16.3. The van der Waals surface area contributed by atoms with E-state index in [0.29, 0.717) is 12.8 Å². The van der Waals surface area contributed by atoms with E-state index in [2.05, 4.69) is 43.5 Å². The van der Waals surface area contributed by atoms with Gasteiger partial charge in [-0.05, 0) is 51.4 Å². The van der Waals surface area contributed by atoms with Crippen LogP contribution in [0.25, 0.3) is 0 Å². The molecule has 0 aromatic carbocycles. The summed E-state index contributed by atoms with van der Waals surface area (Å²) >= 11 is 0. The Labute approximate surface area is 367 Å². The zero-order valence-corrected chi connectivity index (χ0v) is 39.3. The van der Waals surface area contributed by atoms with Gasteiger partial charge in [0.25, 0.3) is 0 Å². The van der Waals surface area contributed by atoms with Crippen molar-refractivity contribution in [2.75, 3.05) is 6.61 Å². The molecule has 1 amide bonds. The first kappa shape index (κ1) is 57.5. The first-order valence-corrected chi connectivity index (χ1v) is 25.9. The van der Waals surface area contributed by atoms with E-state index in [1.165, 1.54) is 205 Å². The minimum Gasteiger partial charge on any atom is -0.394 e. The van der Waals surface area contributed by atoms with Crippen molar-refractivity contribution in [2.45, 2.75) is 289 Å². The van der Waals surface area contributed by atoms with E-state index in [9.17, 15) is 25.2 Å². The molecule has 0 radical (unpaired) electrons. The molecule has 0 aromatic heterocycles. The molecule has 0 fully saturated rings. The number of allylic oxidation sites excluding steroid dienone is 5. The van der Waals surface area contributed by atoms with E-state index in [0.717, 1.165) is 25.7 Å². The lowest BCUT2D eigenvalue weighted by atomic mass is 10.0. The second kappa shape index (κ2) is 47.6. The number of amides is 1. The third-order valence-corrected chi connectivity index (χ3v) is 12.1. The summed E-state index contributed by atoms with van der Waals surface area (Å²) in [5.41, 5.74) is 0.